The molecular weight excluding hydrogens is 348 g/mol. The molecule has 4 nitrogen and oxygen atoms in total. The number of benzene rings is 1. The molecule has 0 amide bonds. The Hall–Kier alpha value is -2.33. The Labute approximate surface area is 166 Å². The van der Waals surface area contributed by atoms with Gasteiger partial charge in [0.25, 0.3) is 0 Å². The van der Waals surface area contributed by atoms with Crippen molar-refractivity contribution in [3.05, 3.63) is 65.7 Å². The van der Waals surface area contributed by atoms with Crippen molar-refractivity contribution in [1.29, 1.82) is 0 Å². The number of aliphatic hydroxyl groups excluding tert-OH is 1. The molecule has 0 saturated heterocycles. The first kappa shape index (κ1) is 17.7. The third kappa shape index (κ3) is 3.20. The van der Waals surface area contributed by atoms with Crippen LogP contribution in [0.3, 0.4) is 0 Å². The van der Waals surface area contributed by atoms with Crippen molar-refractivity contribution < 1.29 is 9.84 Å². The van der Waals surface area contributed by atoms with Gasteiger partial charge in [-0.05, 0) is 85.6 Å². The number of methoxy groups -OCH3 is 1. The number of aromatic nitrogens is 2. The van der Waals surface area contributed by atoms with Crippen LogP contribution in [0.5, 0.6) is 5.75 Å². The lowest BCUT2D eigenvalue weighted by Crippen LogP contribution is -2.21. The predicted molar refractivity (Wildman–Crippen MR) is 110 cm³/mol. The van der Waals surface area contributed by atoms with Gasteiger partial charge in [-0.15, -0.1) is 0 Å². The Morgan fingerprint density at radius 1 is 1.00 bits per heavy atom. The maximum atomic E-state index is 11.4. The number of imidazole rings is 1. The molecule has 5 rings (SSSR count). The molecule has 2 saturated carbocycles. The lowest BCUT2D eigenvalue weighted by molar-refractivity contribution is 0.0810. The van der Waals surface area contributed by atoms with Gasteiger partial charge in [0, 0.05) is 11.8 Å². The van der Waals surface area contributed by atoms with E-state index in [0.29, 0.717) is 17.8 Å². The van der Waals surface area contributed by atoms with E-state index in [9.17, 15) is 5.11 Å². The highest BCUT2D eigenvalue weighted by Crippen LogP contribution is 2.48. The molecule has 0 aliphatic heterocycles. The number of rotatable bonds is 5. The summed E-state index contributed by atoms with van der Waals surface area (Å²) in [5, 5.41) is 11.4. The van der Waals surface area contributed by atoms with Crippen LogP contribution in [-0.4, -0.2) is 21.6 Å². The van der Waals surface area contributed by atoms with Crippen molar-refractivity contribution >= 4 is 5.52 Å². The van der Waals surface area contributed by atoms with Gasteiger partial charge in [0.15, 0.2) is 0 Å². The summed E-state index contributed by atoms with van der Waals surface area (Å²) in [5.41, 5.74) is 4.95. The first-order valence-electron chi connectivity index (χ1n) is 10.5. The van der Waals surface area contributed by atoms with Gasteiger partial charge in [-0.2, -0.15) is 0 Å². The first-order valence-corrected chi connectivity index (χ1v) is 10.5. The molecule has 2 aliphatic carbocycles. The van der Waals surface area contributed by atoms with Crippen LogP contribution >= 0.6 is 0 Å². The van der Waals surface area contributed by atoms with Crippen molar-refractivity contribution in [3.8, 4) is 5.75 Å². The molecule has 28 heavy (non-hydrogen) atoms. The molecule has 146 valence electrons. The molecule has 1 atom stereocenters. The van der Waals surface area contributed by atoms with E-state index in [1.807, 2.05) is 16.9 Å². The standard InChI is InChI=1S/C24H28N2O2/c1-28-20-10-8-17(9-11-20)16-2-6-19(7-3-16)24(27)23-21(18-4-5-18)12-13-26-15-25-14-22(23)26/h8-16,18-19,24,27H,2-7H2,1H3/t16-,19-,24-/m1/s1. The van der Waals surface area contributed by atoms with Crippen LogP contribution in [0.15, 0.2) is 49.1 Å². The van der Waals surface area contributed by atoms with E-state index in [1.54, 1.807) is 7.11 Å². The smallest absolute Gasteiger partial charge is 0.118 e. The van der Waals surface area contributed by atoms with E-state index in [-0.39, 0.29) is 0 Å². The molecular formula is C24H28N2O2. The first-order chi connectivity index (χ1) is 13.7. The molecule has 0 radical (unpaired) electrons. The zero-order valence-electron chi connectivity index (χ0n) is 16.4. The minimum atomic E-state index is -0.396. The van der Waals surface area contributed by atoms with Crippen LogP contribution in [-0.2, 0) is 0 Å². The Balaban J connectivity index is 1.34. The maximum Gasteiger partial charge on any atom is 0.118 e. The van der Waals surface area contributed by atoms with Gasteiger partial charge < -0.3 is 14.2 Å². The second kappa shape index (κ2) is 7.25. The number of pyridine rings is 1. The fraction of sp³-hybridized carbons (Fsp3) is 0.458. The van der Waals surface area contributed by atoms with Crippen LogP contribution < -0.4 is 4.74 Å². The summed E-state index contributed by atoms with van der Waals surface area (Å²) >= 11 is 0. The monoisotopic (exact) mass is 376 g/mol. The molecule has 2 aromatic heterocycles. The normalized spacial score (nSPS) is 23.6. The summed E-state index contributed by atoms with van der Waals surface area (Å²) in [6, 6.07) is 10.7. The Morgan fingerprint density at radius 2 is 1.71 bits per heavy atom. The zero-order valence-corrected chi connectivity index (χ0v) is 16.4. The number of ether oxygens (including phenoxy) is 1. The van der Waals surface area contributed by atoms with Crippen molar-refractivity contribution in [3.63, 3.8) is 0 Å². The van der Waals surface area contributed by atoms with Crippen LogP contribution in [0, 0.1) is 5.92 Å². The summed E-state index contributed by atoms with van der Waals surface area (Å²) in [7, 11) is 1.71. The fourth-order valence-electron chi connectivity index (χ4n) is 4.98. The minimum absolute atomic E-state index is 0.327. The average Bonchev–Trinajstić information content (AvgIpc) is 3.49. The topological polar surface area (TPSA) is 46.8 Å². The Bertz CT molecular complexity index is 950. The number of fused-ring (bicyclic) bond motifs is 1. The summed E-state index contributed by atoms with van der Waals surface area (Å²) in [6.07, 6.45) is 12.3. The Kier molecular flexibility index (Phi) is 4.59. The molecule has 4 heteroatoms. The lowest BCUT2D eigenvalue weighted by atomic mass is 9.75. The fourth-order valence-corrected chi connectivity index (χ4v) is 4.98. The van der Waals surface area contributed by atoms with Crippen molar-refractivity contribution in [2.24, 2.45) is 5.92 Å². The van der Waals surface area contributed by atoms with E-state index in [1.165, 1.54) is 24.0 Å². The van der Waals surface area contributed by atoms with Gasteiger partial charge in [0.05, 0.1) is 31.3 Å². The number of hydrogen-bond donors (Lipinski definition) is 1. The van der Waals surface area contributed by atoms with Gasteiger partial charge in [-0.3, -0.25) is 0 Å². The molecule has 0 spiro atoms. The third-order valence-corrected chi connectivity index (χ3v) is 6.79. The highest BCUT2D eigenvalue weighted by atomic mass is 16.5. The molecule has 3 aromatic rings. The van der Waals surface area contributed by atoms with Gasteiger partial charge in [0.2, 0.25) is 0 Å². The molecule has 2 heterocycles. The van der Waals surface area contributed by atoms with E-state index in [2.05, 4.69) is 41.5 Å². The summed E-state index contributed by atoms with van der Waals surface area (Å²) in [5.74, 6) is 2.45. The summed E-state index contributed by atoms with van der Waals surface area (Å²) < 4.78 is 7.33. The number of nitrogens with zero attached hydrogens (tertiary/aromatic N) is 2. The molecule has 2 aliphatic rings. The lowest BCUT2D eigenvalue weighted by Gasteiger charge is -2.33. The second-order valence-corrected chi connectivity index (χ2v) is 8.47. The third-order valence-electron chi connectivity index (χ3n) is 6.79. The van der Waals surface area contributed by atoms with Gasteiger partial charge >= 0.3 is 0 Å². The minimum Gasteiger partial charge on any atom is -0.497 e. The summed E-state index contributed by atoms with van der Waals surface area (Å²) in [4.78, 5) is 4.32. The molecule has 0 unspecified atom stereocenters. The maximum absolute atomic E-state index is 11.4. The van der Waals surface area contributed by atoms with E-state index < -0.39 is 6.10 Å². The van der Waals surface area contributed by atoms with E-state index >= 15 is 0 Å². The highest BCUT2D eigenvalue weighted by Gasteiger charge is 2.34. The van der Waals surface area contributed by atoms with Gasteiger partial charge in [-0.25, -0.2) is 4.98 Å². The second-order valence-electron chi connectivity index (χ2n) is 8.47. The molecule has 2 fully saturated rings. The molecule has 1 aromatic carbocycles. The zero-order chi connectivity index (χ0) is 19.1. The van der Waals surface area contributed by atoms with E-state index in [4.69, 9.17) is 4.74 Å². The van der Waals surface area contributed by atoms with Crippen LogP contribution in [0.1, 0.15) is 73.2 Å². The molecule has 0 bridgehead atoms. The van der Waals surface area contributed by atoms with Crippen LogP contribution in [0.25, 0.3) is 5.52 Å². The largest absolute Gasteiger partial charge is 0.497 e. The van der Waals surface area contributed by atoms with Gasteiger partial charge in [-0.1, -0.05) is 12.1 Å². The number of aliphatic hydroxyl groups is 1. The van der Waals surface area contributed by atoms with Crippen LogP contribution in [0.2, 0.25) is 0 Å². The van der Waals surface area contributed by atoms with Crippen molar-refractivity contribution in [2.45, 2.75) is 56.5 Å². The SMILES string of the molecule is COc1ccc([C@H]2CC[C@H]([C@@H](O)c3c(C4CC4)ccn4cncc34)CC2)cc1. The Morgan fingerprint density at radius 3 is 2.39 bits per heavy atom. The van der Waals surface area contributed by atoms with Crippen molar-refractivity contribution in [2.75, 3.05) is 7.11 Å². The number of hydrogen-bond acceptors (Lipinski definition) is 3. The van der Waals surface area contributed by atoms with Crippen LogP contribution in [0.4, 0.5) is 0 Å². The average molecular weight is 377 g/mol. The van der Waals surface area contributed by atoms with E-state index in [0.717, 1.165) is 42.5 Å². The van der Waals surface area contributed by atoms with Crippen molar-refractivity contribution in [1.82, 2.24) is 9.38 Å². The van der Waals surface area contributed by atoms with Gasteiger partial charge in [0.1, 0.15) is 5.75 Å². The quantitative estimate of drug-likeness (QED) is 0.663. The predicted octanol–water partition coefficient (Wildman–Crippen LogP) is 5.23. The molecule has 1 N–H and O–H groups in total. The summed E-state index contributed by atoms with van der Waals surface area (Å²) in [6.45, 7) is 0. The highest BCUT2D eigenvalue weighted by molar-refractivity contribution is 5.59.